The molecule has 2 heterocycles. The number of likely N-dealkylation sites (tertiary alicyclic amines) is 1. The third-order valence-electron chi connectivity index (χ3n) is 2.36. The van der Waals surface area contributed by atoms with Crippen LogP contribution < -0.4 is 5.73 Å². The van der Waals surface area contributed by atoms with E-state index in [4.69, 9.17) is 5.73 Å². The zero-order valence-electron chi connectivity index (χ0n) is 8.22. The maximum absolute atomic E-state index is 11.3. The maximum Gasteiger partial charge on any atom is 0.229 e. The van der Waals surface area contributed by atoms with E-state index in [-0.39, 0.29) is 11.8 Å². The van der Waals surface area contributed by atoms with E-state index in [1.165, 1.54) is 11.1 Å². The third-order valence-corrected chi connectivity index (χ3v) is 2.36. The summed E-state index contributed by atoms with van der Waals surface area (Å²) >= 11 is 0. The van der Waals surface area contributed by atoms with Gasteiger partial charge in [-0.1, -0.05) is 0 Å². The minimum Gasteiger partial charge on any atom is -0.396 e. The van der Waals surface area contributed by atoms with Crippen molar-refractivity contribution in [2.24, 2.45) is 0 Å². The molecule has 0 aromatic carbocycles. The second-order valence-electron chi connectivity index (χ2n) is 3.48. The molecule has 1 aliphatic heterocycles. The molecule has 0 atom stereocenters. The van der Waals surface area contributed by atoms with E-state index in [0.29, 0.717) is 31.6 Å². The van der Waals surface area contributed by atoms with Gasteiger partial charge in [-0.05, 0) is 0 Å². The van der Waals surface area contributed by atoms with Crippen LogP contribution in [-0.4, -0.2) is 33.0 Å². The van der Waals surface area contributed by atoms with Gasteiger partial charge >= 0.3 is 0 Å². The maximum atomic E-state index is 11.3. The highest BCUT2D eigenvalue weighted by Gasteiger charge is 2.28. The van der Waals surface area contributed by atoms with Crippen molar-refractivity contribution < 1.29 is 9.59 Å². The second-order valence-corrected chi connectivity index (χ2v) is 3.48. The number of anilines is 1. The highest BCUT2D eigenvalue weighted by molar-refractivity contribution is 6.01. The van der Waals surface area contributed by atoms with Crippen LogP contribution in [0.15, 0.2) is 12.4 Å². The van der Waals surface area contributed by atoms with Crippen molar-refractivity contribution in [3.05, 3.63) is 12.4 Å². The quantitative estimate of drug-likeness (QED) is 0.686. The molecule has 0 aliphatic carbocycles. The molecule has 1 aliphatic rings. The van der Waals surface area contributed by atoms with E-state index in [1.807, 2.05) is 0 Å². The fourth-order valence-electron chi connectivity index (χ4n) is 1.58. The number of hydrogen-bond donors (Lipinski definition) is 1. The van der Waals surface area contributed by atoms with E-state index in [0.717, 1.165) is 0 Å². The monoisotopic (exact) mass is 208 g/mol. The second kappa shape index (κ2) is 3.72. The summed E-state index contributed by atoms with van der Waals surface area (Å²) in [6, 6.07) is 0. The molecule has 0 spiro atoms. The number of rotatable bonds is 3. The number of hydrogen-bond acceptors (Lipinski definition) is 4. The molecule has 0 bridgehead atoms. The molecule has 6 nitrogen and oxygen atoms in total. The summed E-state index contributed by atoms with van der Waals surface area (Å²) < 4.78 is 1.62. The number of carbonyl (C=O) groups excluding carboxylic acids is 2. The first-order valence-corrected chi connectivity index (χ1v) is 4.78. The lowest BCUT2D eigenvalue weighted by Gasteiger charge is -2.12. The molecule has 1 aromatic heterocycles. The number of nitrogen functional groups attached to an aromatic ring is 1. The summed E-state index contributed by atoms with van der Waals surface area (Å²) in [6.45, 7) is 0.869. The fraction of sp³-hybridized carbons (Fsp3) is 0.444. The standard InChI is InChI=1S/C9H12N4O2/c10-7-5-11-12(6-7)3-4-13-8(14)1-2-9(13)15/h5-6H,1-4,10H2. The predicted molar refractivity (Wildman–Crippen MR) is 52.6 cm³/mol. The van der Waals surface area contributed by atoms with Gasteiger partial charge in [-0.15, -0.1) is 0 Å². The summed E-state index contributed by atoms with van der Waals surface area (Å²) in [4.78, 5) is 23.8. The number of amides is 2. The van der Waals surface area contributed by atoms with Crippen molar-refractivity contribution in [3.8, 4) is 0 Å². The zero-order chi connectivity index (χ0) is 10.8. The number of aromatic nitrogens is 2. The van der Waals surface area contributed by atoms with E-state index in [1.54, 1.807) is 10.9 Å². The Kier molecular flexibility index (Phi) is 2.40. The highest BCUT2D eigenvalue weighted by Crippen LogP contribution is 2.11. The predicted octanol–water partition coefficient (Wildman–Crippen LogP) is -0.386. The summed E-state index contributed by atoms with van der Waals surface area (Å²) in [6.07, 6.45) is 3.87. The Morgan fingerprint density at radius 3 is 2.47 bits per heavy atom. The lowest BCUT2D eigenvalue weighted by Crippen LogP contribution is -2.32. The summed E-state index contributed by atoms with van der Waals surface area (Å²) in [5, 5.41) is 3.97. The van der Waals surface area contributed by atoms with Gasteiger partial charge in [0.15, 0.2) is 0 Å². The number of imide groups is 1. The Bertz CT molecular complexity index is 383. The van der Waals surface area contributed by atoms with Gasteiger partial charge in [0.2, 0.25) is 11.8 Å². The molecule has 2 N–H and O–H groups in total. The van der Waals surface area contributed by atoms with Crippen molar-refractivity contribution >= 4 is 17.5 Å². The largest absolute Gasteiger partial charge is 0.396 e. The molecule has 0 unspecified atom stereocenters. The number of nitrogens with two attached hydrogens (primary N) is 1. The Labute approximate surface area is 86.6 Å². The minimum absolute atomic E-state index is 0.0971. The summed E-state index contributed by atoms with van der Waals surface area (Å²) in [5.74, 6) is -0.194. The SMILES string of the molecule is Nc1cnn(CCN2C(=O)CCC2=O)c1. The smallest absolute Gasteiger partial charge is 0.229 e. The lowest BCUT2D eigenvalue weighted by molar-refractivity contribution is -0.138. The van der Waals surface area contributed by atoms with Gasteiger partial charge < -0.3 is 5.73 Å². The van der Waals surface area contributed by atoms with Crippen LogP contribution in [0.1, 0.15) is 12.8 Å². The van der Waals surface area contributed by atoms with Crippen molar-refractivity contribution in [2.45, 2.75) is 19.4 Å². The Morgan fingerprint density at radius 2 is 1.93 bits per heavy atom. The molecular weight excluding hydrogens is 196 g/mol. The van der Waals surface area contributed by atoms with Gasteiger partial charge in [-0.3, -0.25) is 19.2 Å². The van der Waals surface area contributed by atoms with Gasteiger partial charge in [0.1, 0.15) is 0 Å². The first-order chi connectivity index (χ1) is 7.16. The van der Waals surface area contributed by atoms with Gasteiger partial charge in [-0.2, -0.15) is 5.10 Å². The molecule has 0 radical (unpaired) electrons. The molecule has 1 aromatic rings. The first-order valence-electron chi connectivity index (χ1n) is 4.78. The molecule has 2 rings (SSSR count). The number of nitrogens with zero attached hydrogens (tertiary/aromatic N) is 3. The molecule has 1 fully saturated rings. The van der Waals surface area contributed by atoms with E-state index in [2.05, 4.69) is 5.10 Å². The first kappa shape index (κ1) is 9.70. The van der Waals surface area contributed by atoms with E-state index < -0.39 is 0 Å². The minimum atomic E-state index is -0.0971. The Morgan fingerprint density at radius 1 is 1.27 bits per heavy atom. The van der Waals surface area contributed by atoms with Crippen molar-refractivity contribution in [3.63, 3.8) is 0 Å². The third kappa shape index (κ3) is 1.98. The zero-order valence-corrected chi connectivity index (χ0v) is 8.22. The highest BCUT2D eigenvalue weighted by atomic mass is 16.2. The summed E-state index contributed by atoms with van der Waals surface area (Å²) in [5.41, 5.74) is 6.06. The van der Waals surface area contributed by atoms with E-state index in [9.17, 15) is 9.59 Å². The molecule has 0 saturated carbocycles. The molecular formula is C9H12N4O2. The van der Waals surface area contributed by atoms with Crippen LogP contribution in [0.3, 0.4) is 0 Å². The van der Waals surface area contributed by atoms with E-state index >= 15 is 0 Å². The van der Waals surface area contributed by atoms with Crippen LogP contribution in [0.2, 0.25) is 0 Å². The van der Waals surface area contributed by atoms with Gasteiger partial charge in [0.25, 0.3) is 0 Å². The average molecular weight is 208 g/mol. The van der Waals surface area contributed by atoms with Crippen molar-refractivity contribution in [2.75, 3.05) is 12.3 Å². The Hall–Kier alpha value is -1.85. The molecule has 1 saturated heterocycles. The van der Waals surface area contributed by atoms with Crippen LogP contribution in [0.5, 0.6) is 0 Å². The topological polar surface area (TPSA) is 81.2 Å². The van der Waals surface area contributed by atoms with Crippen LogP contribution in [-0.2, 0) is 16.1 Å². The van der Waals surface area contributed by atoms with Crippen molar-refractivity contribution in [1.29, 1.82) is 0 Å². The molecule has 6 heteroatoms. The van der Waals surface area contributed by atoms with Gasteiger partial charge in [0.05, 0.1) is 18.4 Å². The molecule has 2 amide bonds. The normalized spacial score (nSPS) is 16.4. The molecule has 15 heavy (non-hydrogen) atoms. The molecule has 80 valence electrons. The van der Waals surface area contributed by atoms with Crippen LogP contribution in [0, 0.1) is 0 Å². The van der Waals surface area contributed by atoms with Crippen molar-refractivity contribution in [1.82, 2.24) is 14.7 Å². The Balaban J connectivity index is 1.93. The number of carbonyl (C=O) groups is 2. The van der Waals surface area contributed by atoms with Crippen LogP contribution in [0.25, 0.3) is 0 Å². The van der Waals surface area contributed by atoms with Gasteiger partial charge in [-0.25, -0.2) is 0 Å². The fourth-order valence-corrected chi connectivity index (χ4v) is 1.58. The van der Waals surface area contributed by atoms with Crippen LogP contribution in [0.4, 0.5) is 5.69 Å². The summed E-state index contributed by atoms with van der Waals surface area (Å²) in [7, 11) is 0. The lowest BCUT2D eigenvalue weighted by atomic mass is 10.4. The average Bonchev–Trinajstić information content (AvgIpc) is 2.73. The van der Waals surface area contributed by atoms with Crippen LogP contribution >= 0.6 is 0 Å². The van der Waals surface area contributed by atoms with Gasteiger partial charge in [0, 0.05) is 25.6 Å².